The minimum atomic E-state index is -3.61. The molecule has 1 saturated heterocycles. The maximum atomic E-state index is 13.5. The van der Waals surface area contributed by atoms with Gasteiger partial charge in [0.2, 0.25) is 10.0 Å². The molecule has 2 atom stereocenters. The van der Waals surface area contributed by atoms with E-state index in [-0.39, 0.29) is 10.7 Å². The number of rotatable bonds is 4. The Morgan fingerprint density at radius 3 is 1.74 bits per heavy atom. The minimum Gasteiger partial charge on any atom is -0.207 e. The zero-order valence-corrected chi connectivity index (χ0v) is 16.9. The van der Waals surface area contributed by atoms with Crippen molar-refractivity contribution in [1.29, 1.82) is 0 Å². The molecule has 0 amide bonds. The fraction of sp³-hybridized carbons (Fsp3) is 0.182. The van der Waals surface area contributed by atoms with Gasteiger partial charge in [-0.05, 0) is 37.1 Å². The van der Waals surface area contributed by atoms with Gasteiger partial charge in [0, 0.05) is 0 Å². The topological polar surface area (TPSA) is 37.4 Å². The molecule has 0 spiro atoms. The van der Waals surface area contributed by atoms with E-state index in [1.54, 1.807) is 28.2 Å². The number of hydrogen-bond donors (Lipinski definition) is 0. The first-order valence-corrected chi connectivity index (χ1v) is 11.2. The molecule has 0 aromatic heterocycles. The molecule has 1 fully saturated rings. The van der Waals surface area contributed by atoms with E-state index in [0.29, 0.717) is 4.90 Å². The smallest absolute Gasteiger partial charge is 0.207 e. The summed E-state index contributed by atoms with van der Waals surface area (Å²) in [5, 5.41) is -0.439. The Morgan fingerprint density at radius 1 is 0.704 bits per heavy atom. The highest BCUT2D eigenvalue weighted by Gasteiger charge is 2.48. The van der Waals surface area contributed by atoms with Crippen LogP contribution in [0.1, 0.15) is 33.0 Å². The van der Waals surface area contributed by atoms with Crippen molar-refractivity contribution in [3.63, 3.8) is 0 Å². The third-order valence-corrected chi connectivity index (χ3v) is 8.39. The zero-order valence-electron chi connectivity index (χ0n) is 15.2. The van der Waals surface area contributed by atoms with Crippen LogP contribution in [0.15, 0.2) is 83.8 Å². The molecule has 0 radical (unpaired) electrons. The van der Waals surface area contributed by atoms with Gasteiger partial charge in [-0.1, -0.05) is 77.9 Å². The number of thioether (sulfide) groups is 1. The Labute approximate surface area is 165 Å². The van der Waals surface area contributed by atoms with Crippen molar-refractivity contribution in [2.45, 2.75) is 29.5 Å². The summed E-state index contributed by atoms with van der Waals surface area (Å²) >= 11 is 1.67. The van der Waals surface area contributed by atoms with E-state index in [0.717, 1.165) is 22.3 Å². The molecule has 1 aliphatic rings. The lowest BCUT2D eigenvalue weighted by atomic mass is 10.1. The average molecular weight is 396 g/mol. The van der Waals surface area contributed by atoms with E-state index in [2.05, 4.69) is 0 Å². The van der Waals surface area contributed by atoms with Crippen molar-refractivity contribution in [2.24, 2.45) is 0 Å². The maximum absolute atomic E-state index is 13.5. The lowest BCUT2D eigenvalue weighted by Gasteiger charge is -2.46. The Balaban J connectivity index is 1.76. The minimum absolute atomic E-state index is 0.219. The van der Waals surface area contributed by atoms with Crippen molar-refractivity contribution < 1.29 is 8.42 Å². The van der Waals surface area contributed by atoms with Crippen molar-refractivity contribution in [1.82, 2.24) is 4.31 Å². The molecule has 3 nitrogen and oxygen atoms in total. The molecule has 0 bridgehead atoms. The molecule has 0 unspecified atom stereocenters. The van der Waals surface area contributed by atoms with Crippen molar-refractivity contribution in [3.05, 3.63) is 101 Å². The van der Waals surface area contributed by atoms with Gasteiger partial charge in [-0.2, -0.15) is 4.31 Å². The van der Waals surface area contributed by atoms with Crippen LogP contribution in [0.4, 0.5) is 0 Å². The molecule has 0 N–H and O–H groups in total. The molecule has 3 aromatic rings. The third kappa shape index (κ3) is 3.43. The second kappa shape index (κ2) is 7.15. The Kier molecular flexibility index (Phi) is 4.84. The van der Waals surface area contributed by atoms with Crippen molar-refractivity contribution in [3.8, 4) is 0 Å². The fourth-order valence-corrected chi connectivity index (χ4v) is 6.80. The van der Waals surface area contributed by atoms with Gasteiger partial charge >= 0.3 is 0 Å². The maximum Gasteiger partial charge on any atom is 0.245 e. The van der Waals surface area contributed by atoms with Crippen LogP contribution in [-0.2, 0) is 10.0 Å². The molecule has 3 aromatic carbocycles. The van der Waals surface area contributed by atoms with Gasteiger partial charge in [-0.15, -0.1) is 11.8 Å². The lowest BCUT2D eigenvalue weighted by molar-refractivity contribution is 0.344. The van der Waals surface area contributed by atoms with Crippen LogP contribution in [-0.4, -0.2) is 12.7 Å². The summed E-state index contributed by atoms with van der Waals surface area (Å²) in [5.74, 6) is 0. The average Bonchev–Trinajstić information content (AvgIpc) is 2.63. The number of benzene rings is 3. The molecule has 5 heteroatoms. The molecule has 4 rings (SSSR count). The van der Waals surface area contributed by atoms with E-state index >= 15 is 0 Å². The fourth-order valence-electron chi connectivity index (χ4n) is 3.19. The second-order valence-electron chi connectivity index (χ2n) is 6.81. The summed E-state index contributed by atoms with van der Waals surface area (Å²) in [7, 11) is -3.61. The highest BCUT2D eigenvalue weighted by molar-refractivity contribution is 8.03. The van der Waals surface area contributed by atoms with Crippen molar-refractivity contribution >= 4 is 21.8 Å². The van der Waals surface area contributed by atoms with Gasteiger partial charge in [-0.25, -0.2) is 8.42 Å². The molecule has 0 aliphatic carbocycles. The van der Waals surface area contributed by atoms with Gasteiger partial charge < -0.3 is 0 Å². The first-order chi connectivity index (χ1) is 13.0. The monoisotopic (exact) mass is 395 g/mol. The zero-order chi connectivity index (χ0) is 19.0. The first kappa shape index (κ1) is 18.3. The van der Waals surface area contributed by atoms with E-state index in [1.165, 1.54) is 0 Å². The second-order valence-corrected chi connectivity index (χ2v) is 9.82. The van der Waals surface area contributed by atoms with Gasteiger partial charge in [0.15, 0.2) is 0 Å². The summed E-state index contributed by atoms with van der Waals surface area (Å²) in [6.45, 7) is 3.99. The van der Waals surface area contributed by atoms with Crippen LogP contribution in [0.2, 0.25) is 0 Å². The van der Waals surface area contributed by atoms with Gasteiger partial charge in [0.1, 0.15) is 0 Å². The number of sulfonamides is 1. The quantitative estimate of drug-likeness (QED) is 0.590. The first-order valence-electron chi connectivity index (χ1n) is 8.84. The van der Waals surface area contributed by atoms with Crippen LogP contribution in [0.3, 0.4) is 0 Å². The van der Waals surface area contributed by atoms with Gasteiger partial charge in [-0.3, -0.25) is 0 Å². The van der Waals surface area contributed by atoms with Crippen LogP contribution in [0, 0.1) is 13.8 Å². The predicted octanol–water partition coefficient (Wildman–Crippen LogP) is 5.44. The van der Waals surface area contributed by atoms with E-state index < -0.39 is 10.0 Å². The van der Waals surface area contributed by atoms with Crippen LogP contribution >= 0.6 is 11.8 Å². The molecule has 0 saturated carbocycles. The van der Waals surface area contributed by atoms with Gasteiger partial charge in [0.25, 0.3) is 0 Å². The predicted molar refractivity (Wildman–Crippen MR) is 111 cm³/mol. The Bertz CT molecular complexity index is 1030. The van der Waals surface area contributed by atoms with Crippen molar-refractivity contribution in [2.75, 3.05) is 0 Å². The number of hydrogen-bond acceptors (Lipinski definition) is 3. The molecule has 1 aliphatic heterocycles. The summed E-state index contributed by atoms with van der Waals surface area (Å²) in [6.07, 6.45) is 0. The summed E-state index contributed by atoms with van der Waals surface area (Å²) < 4.78 is 28.6. The van der Waals surface area contributed by atoms with E-state index in [4.69, 9.17) is 0 Å². The molecule has 27 heavy (non-hydrogen) atoms. The summed E-state index contributed by atoms with van der Waals surface area (Å²) in [4.78, 5) is 0.339. The van der Waals surface area contributed by atoms with E-state index in [9.17, 15) is 8.42 Å². The molecule has 138 valence electrons. The van der Waals surface area contributed by atoms with Crippen LogP contribution in [0.5, 0.6) is 0 Å². The lowest BCUT2D eigenvalue weighted by Crippen LogP contribution is -2.43. The molecular weight excluding hydrogens is 374 g/mol. The normalized spacial score (nSPS) is 20.2. The standard InChI is InChI=1S/C22H21NO2S2/c1-16-8-12-19(13-9-16)22-23(21(26-22)18-6-4-3-5-7-18)27(24,25)20-14-10-17(2)11-15-20/h3-15,21-22H,1-2H3/t21-,22+/m1/s1. The van der Waals surface area contributed by atoms with Crippen LogP contribution in [0.25, 0.3) is 0 Å². The summed E-state index contributed by atoms with van der Waals surface area (Å²) in [5.41, 5.74) is 4.22. The number of nitrogens with zero attached hydrogens (tertiary/aromatic N) is 1. The largest absolute Gasteiger partial charge is 0.245 e. The Morgan fingerprint density at radius 2 is 1.19 bits per heavy atom. The highest BCUT2D eigenvalue weighted by atomic mass is 32.2. The third-order valence-electron chi connectivity index (χ3n) is 4.76. The molecular formula is C22H21NO2S2. The van der Waals surface area contributed by atoms with E-state index in [1.807, 2.05) is 80.6 Å². The Hall–Kier alpha value is -2.08. The highest BCUT2D eigenvalue weighted by Crippen LogP contribution is 2.59. The SMILES string of the molecule is Cc1ccc([C@@H]2S[C@H](c3ccccc3)N2S(=O)(=O)c2ccc(C)cc2)cc1. The number of aryl methyl sites for hydroxylation is 2. The molecule has 1 heterocycles. The summed E-state index contributed by atoms with van der Waals surface area (Å²) in [6, 6.07) is 25.0. The van der Waals surface area contributed by atoms with Gasteiger partial charge in [0.05, 0.1) is 15.6 Å². The van der Waals surface area contributed by atoms with Crippen LogP contribution < -0.4 is 0 Å².